The zero-order valence-electron chi connectivity index (χ0n) is 71.1. The Morgan fingerprint density at radius 2 is 0.870 bits per heavy atom. The van der Waals surface area contributed by atoms with Crippen LogP contribution in [0.25, 0.3) is 0 Å². The van der Waals surface area contributed by atoms with Crippen LogP contribution in [0.2, 0.25) is 0 Å². The van der Waals surface area contributed by atoms with Crippen molar-refractivity contribution in [1.82, 2.24) is 10.6 Å². The molecule has 38 N–H and O–H groups in total. The van der Waals surface area contributed by atoms with E-state index in [0.717, 1.165) is 13.8 Å². The van der Waals surface area contributed by atoms with Crippen LogP contribution in [0.1, 0.15) is 59.3 Å². The van der Waals surface area contributed by atoms with Gasteiger partial charge in [-0.25, -0.2) is 0 Å². The Balaban J connectivity index is 1.49. The molecule has 2 amide bonds. The lowest BCUT2D eigenvalue weighted by Gasteiger charge is -2.50. The first-order valence-corrected chi connectivity index (χ1v) is 41.9. The molecule has 0 aromatic carbocycles. The van der Waals surface area contributed by atoms with Gasteiger partial charge in [-0.15, -0.1) is 0 Å². The number of hydrogen-bond acceptors (Lipinski definition) is 55. The number of carbonyl (C=O) groups excluding carboxylic acids is 2. The van der Waals surface area contributed by atoms with Crippen molar-refractivity contribution in [2.75, 3.05) is 92.7 Å². The third-order valence-corrected chi connectivity index (χ3v) is 22.6. The fraction of sp³-hybridized carbons (Fsp3) is 0.946. The molecule has 6 aliphatic heterocycles. The highest BCUT2D eigenvalue weighted by molar-refractivity contribution is 5.73. The Kier molecular flexibility index (Phi) is 49.1. The molecule has 131 heavy (non-hydrogen) atoms. The molecule has 26 unspecified atom stereocenters. The van der Waals surface area contributed by atoms with Gasteiger partial charge in [-0.3, -0.25) is 9.59 Å². The van der Waals surface area contributed by atoms with E-state index in [-0.39, 0.29) is 0 Å². The molecule has 6 rings (SSSR count). The standard InChI is InChI=1S/C74H134N2O55/c1-25-42(75-26(2)87)52(104)59(38(19-85)120-25)129-69-43(76-27(3)88)35(95)15-74(22-86,131-69)23-117-71-58(110)61(126-67(113)62(46(98)32(92)7-12-80)125-41(14-34(94)29(89)4-9-77)118-24-119-65(111)28(16-82)44(96)30(90)5-10-78)50(102)39(124-71)20-115-70-57(109)60(127-68(114)63(47(99)33(93)8-13-81)128-66(112)55(107)45(97)31(91)6-11-79)51(103)40(123-70)21-116-73-64(54(106)49(101)37(18-84)122-73)130-72-56(108)53(105)48(100)36(17-83)121-72/h14,25,28-33,35-73,77-86,89-114H,4-13,15-24H2,1-3H3,(H,75,87)(H,76,88)/b34-14-/t25-,28?,29+,30+,31+,32+,33+,35?,36?,37?,38?,39?,40?,41+,42?,43?,44?,45?,46?,47?,48+,49+,50+,51+,52?,53?,54?,55?,56?,57?,58?,59+,60?,61?,62?,63?,64?,65+,66+,67+,68+,69+,70-,71+,72+,73-,74?/m0/s1. The molecule has 0 aromatic rings. The molecule has 0 spiro atoms. The number of amides is 2. The van der Waals surface area contributed by atoms with Crippen LogP contribution in [0.4, 0.5) is 0 Å². The third kappa shape index (κ3) is 31.2. The van der Waals surface area contributed by atoms with Crippen molar-refractivity contribution in [2.45, 2.75) is 341 Å². The Morgan fingerprint density at radius 1 is 0.420 bits per heavy atom. The molecule has 0 aliphatic carbocycles. The van der Waals surface area contributed by atoms with Crippen LogP contribution >= 0.6 is 0 Å². The molecule has 57 nitrogen and oxygen atoms in total. The predicted octanol–water partition coefficient (Wildman–Crippen LogP) is -21.4. The molecule has 57 heteroatoms. The Hall–Kier alpha value is -3.60. The van der Waals surface area contributed by atoms with E-state index in [2.05, 4.69) is 10.6 Å². The zero-order chi connectivity index (χ0) is 98.1. The molecule has 47 atom stereocenters. The average Bonchev–Trinajstić information content (AvgIpc) is 0.770. The van der Waals surface area contributed by atoms with E-state index in [0.29, 0.717) is 6.08 Å². The summed E-state index contributed by atoms with van der Waals surface area (Å²) in [5.41, 5.74) is -2.42. The van der Waals surface area contributed by atoms with Gasteiger partial charge in [0.15, 0.2) is 69.7 Å². The van der Waals surface area contributed by atoms with Gasteiger partial charge >= 0.3 is 0 Å². The molecule has 6 saturated heterocycles. The smallest absolute Gasteiger partial charge is 0.217 e. The van der Waals surface area contributed by atoms with Gasteiger partial charge in [-0.1, -0.05) is 0 Å². The Morgan fingerprint density at radius 3 is 1.36 bits per heavy atom. The number of nitrogens with one attached hydrogen (secondary N) is 2. The summed E-state index contributed by atoms with van der Waals surface area (Å²) in [7, 11) is 0. The van der Waals surface area contributed by atoms with Gasteiger partial charge in [0.05, 0.1) is 108 Å². The normalized spacial score (nSPS) is 37.7. The largest absolute Gasteiger partial charge is 0.510 e. The van der Waals surface area contributed by atoms with Crippen molar-refractivity contribution < 1.29 is 274 Å². The molecule has 0 bridgehead atoms. The Bertz CT molecular complexity index is 3240. The maximum Gasteiger partial charge on any atom is 0.217 e. The maximum absolute atomic E-state index is 12.8. The summed E-state index contributed by atoms with van der Waals surface area (Å²) in [5.74, 6) is -4.47. The molecular formula is C74H134N2O55. The van der Waals surface area contributed by atoms with Crippen molar-refractivity contribution in [1.29, 1.82) is 0 Å². The van der Waals surface area contributed by atoms with E-state index in [4.69, 9.17) is 80.5 Å². The fourth-order valence-corrected chi connectivity index (χ4v) is 15.0. The summed E-state index contributed by atoms with van der Waals surface area (Å²) in [5, 5.41) is 400. The number of aliphatic hydroxyl groups excluding tert-OH is 36. The van der Waals surface area contributed by atoms with Gasteiger partial charge in [0.1, 0.15) is 176 Å². The SMILES string of the molecule is CC(=O)NC1C(O)CC(CO)(CO[C@@H]2OC(CO[C@H]3OC(CO[C@H]4OC(CO)[C@@H](O)C(O)C4O[C@H]4OC(CO)[C@@H](O)C(O)C4O)[C@@H](O)C(O[C@@H](O)C(O[C@@H](O)C(O)C(O)[C@H](O)CCO)C(O)[C@H](O)CCO)C3O)[C@@H](O)C(O[C@@H](O)C(O[C@H](/C=C(\O)[C@H](O)CCO)OCO[C@@H](O)C(CO)C(O)[C@H](O)CCO)C(O)[C@H](O)CCO)C2O)O[C@H]1O[C@@H]1C(CO)O[C@@H](C)C(NC(C)=O)C1O. The van der Waals surface area contributed by atoms with E-state index < -0.39 is 437 Å². The monoisotopic (exact) mass is 1930 g/mol. The van der Waals surface area contributed by atoms with Gasteiger partial charge in [0.25, 0.3) is 0 Å². The van der Waals surface area contributed by atoms with Crippen LogP contribution in [-0.4, -0.2) is 570 Å². The second kappa shape index (κ2) is 55.4. The molecule has 6 aliphatic rings. The maximum atomic E-state index is 12.8. The minimum atomic E-state index is -3.03. The lowest BCUT2D eigenvalue weighted by atomic mass is 9.89. The van der Waals surface area contributed by atoms with E-state index in [9.17, 15) is 193 Å². The summed E-state index contributed by atoms with van der Waals surface area (Å²) in [6.45, 7) is -11.4. The summed E-state index contributed by atoms with van der Waals surface area (Å²) >= 11 is 0. The number of carbonyl (C=O) groups is 2. The summed E-state index contributed by atoms with van der Waals surface area (Å²) < 4.78 is 98.6. The number of hydrogen-bond donors (Lipinski definition) is 38. The van der Waals surface area contributed by atoms with Gasteiger partial charge in [0, 0.05) is 65.8 Å². The van der Waals surface area contributed by atoms with Crippen molar-refractivity contribution >= 4 is 11.8 Å². The van der Waals surface area contributed by atoms with Crippen LogP contribution in [0.3, 0.4) is 0 Å². The first-order chi connectivity index (χ1) is 61.8. The van der Waals surface area contributed by atoms with Gasteiger partial charge in [-0.05, 0) is 32.6 Å². The highest BCUT2D eigenvalue weighted by atomic mass is 16.8. The predicted molar refractivity (Wildman–Crippen MR) is 413 cm³/mol. The van der Waals surface area contributed by atoms with E-state index >= 15 is 0 Å². The molecule has 6 heterocycles. The van der Waals surface area contributed by atoms with Gasteiger partial charge in [-0.2, -0.15) is 0 Å². The van der Waals surface area contributed by atoms with Crippen LogP contribution in [-0.2, 0) is 90.1 Å². The van der Waals surface area contributed by atoms with Crippen LogP contribution in [0, 0.1) is 5.92 Å². The minimum Gasteiger partial charge on any atom is -0.510 e. The van der Waals surface area contributed by atoms with Gasteiger partial charge in [0.2, 0.25) is 11.8 Å². The molecule has 0 saturated carbocycles. The van der Waals surface area contributed by atoms with Crippen LogP contribution < -0.4 is 10.6 Å². The van der Waals surface area contributed by atoms with E-state index in [1.165, 1.54) is 6.92 Å². The quantitative estimate of drug-likeness (QED) is 0.0199. The summed E-state index contributed by atoms with van der Waals surface area (Å²) in [6.07, 6.45) is -102. The van der Waals surface area contributed by atoms with Crippen LogP contribution in [0.15, 0.2) is 11.8 Å². The number of ether oxygens (including phenoxy) is 17. The van der Waals surface area contributed by atoms with E-state index in [1.807, 2.05) is 0 Å². The number of aliphatic hydroxyl groups is 36. The average molecular weight is 1930 g/mol. The zero-order valence-corrected chi connectivity index (χ0v) is 71.1. The highest BCUT2D eigenvalue weighted by Crippen LogP contribution is 2.39. The highest BCUT2D eigenvalue weighted by Gasteiger charge is 2.58. The van der Waals surface area contributed by atoms with Crippen molar-refractivity contribution in [3.8, 4) is 0 Å². The third-order valence-electron chi connectivity index (χ3n) is 22.6. The second-order valence-corrected chi connectivity index (χ2v) is 32.3. The number of rotatable bonds is 56. The summed E-state index contributed by atoms with van der Waals surface area (Å²) in [4.78, 5) is 25.2. The molecule has 6 fully saturated rings. The lowest BCUT2D eigenvalue weighted by molar-refractivity contribution is -0.380. The van der Waals surface area contributed by atoms with Crippen LogP contribution in [0.5, 0.6) is 0 Å². The van der Waals surface area contributed by atoms with Crippen molar-refractivity contribution in [2.24, 2.45) is 5.92 Å². The first-order valence-electron chi connectivity index (χ1n) is 41.9. The Labute approximate surface area is 746 Å². The molecule has 0 radical (unpaired) electrons. The van der Waals surface area contributed by atoms with Crippen molar-refractivity contribution in [3.63, 3.8) is 0 Å². The van der Waals surface area contributed by atoms with Gasteiger partial charge < -0.3 is 275 Å². The molecule has 0 aromatic heterocycles. The summed E-state index contributed by atoms with van der Waals surface area (Å²) in [6, 6.07) is -2.96. The fourth-order valence-electron chi connectivity index (χ4n) is 15.0. The first kappa shape index (κ1) is 116. The topological polar surface area (TPSA) is 943 Å². The lowest BCUT2D eigenvalue weighted by Crippen LogP contribution is -2.68. The minimum absolute atomic E-state index is 0.449. The van der Waals surface area contributed by atoms with Crippen molar-refractivity contribution in [3.05, 3.63) is 11.8 Å². The molecule has 770 valence electrons. The second-order valence-electron chi connectivity index (χ2n) is 32.3. The molecular weight excluding hydrogens is 1800 g/mol. The van der Waals surface area contributed by atoms with E-state index in [1.54, 1.807) is 0 Å².